The van der Waals surface area contributed by atoms with Crippen molar-refractivity contribution in [2.45, 2.75) is 13.0 Å². The smallest absolute Gasteiger partial charge is 0.224 e. The van der Waals surface area contributed by atoms with Gasteiger partial charge in [0.15, 0.2) is 0 Å². The van der Waals surface area contributed by atoms with Crippen LogP contribution in [-0.2, 0) is 17.8 Å². The van der Waals surface area contributed by atoms with E-state index in [0.29, 0.717) is 6.54 Å². The second kappa shape index (κ2) is 7.85. The zero-order chi connectivity index (χ0) is 17.6. The van der Waals surface area contributed by atoms with Gasteiger partial charge in [0.1, 0.15) is 5.82 Å². The molecule has 0 fully saturated rings. The number of carbonyl (C=O) groups excluding carboxylic acids is 1. The van der Waals surface area contributed by atoms with Crippen LogP contribution in [-0.4, -0.2) is 15.9 Å². The molecule has 4 nitrogen and oxygen atoms in total. The molecule has 1 N–H and O–H groups in total. The molecule has 0 aliphatic heterocycles. The SMILES string of the molecule is O=C(Cc1c(F)cccc1Cl)NCc1ccc(-c2cccnc2)nc1. The van der Waals surface area contributed by atoms with E-state index >= 15 is 0 Å². The molecule has 0 atom stereocenters. The molecule has 0 aliphatic carbocycles. The lowest BCUT2D eigenvalue weighted by atomic mass is 10.1. The first-order valence-corrected chi connectivity index (χ1v) is 8.06. The van der Waals surface area contributed by atoms with Gasteiger partial charge >= 0.3 is 0 Å². The fourth-order valence-corrected chi connectivity index (χ4v) is 2.57. The Morgan fingerprint density at radius 2 is 2.00 bits per heavy atom. The summed E-state index contributed by atoms with van der Waals surface area (Å²) in [5, 5.41) is 2.99. The minimum Gasteiger partial charge on any atom is -0.352 e. The van der Waals surface area contributed by atoms with Gasteiger partial charge in [0.05, 0.1) is 12.1 Å². The van der Waals surface area contributed by atoms with Crippen molar-refractivity contribution in [2.75, 3.05) is 0 Å². The van der Waals surface area contributed by atoms with E-state index in [4.69, 9.17) is 11.6 Å². The van der Waals surface area contributed by atoms with Crippen LogP contribution in [0.25, 0.3) is 11.3 Å². The molecule has 3 rings (SSSR count). The Balaban J connectivity index is 1.59. The first-order chi connectivity index (χ1) is 12.1. The molecule has 0 bridgehead atoms. The Hall–Kier alpha value is -2.79. The Labute approximate surface area is 149 Å². The number of amides is 1. The summed E-state index contributed by atoms with van der Waals surface area (Å²) in [6.45, 7) is 0.311. The summed E-state index contributed by atoms with van der Waals surface area (Å²) in [7, 11) is 0. The highest BCUT2D eigenvalue weighted by Crippen LogP contribution is 2.19. The number of hydrogen-bond acceptors (Lipinski definition) is 3. The van der Waals surface area contributed by atoms with Crippen molar-refractivity contribution in [2.24, 2.45) is 0 Å². The molecule has 126 valence electrons. The van der Waals surface area contributed by atoms with Crippen LogP contribution in [0, 0.1) is 5.82 Å². The van der Waals surface area contributed by atoms with Gasteiger partial charge in [-0.2, -0.15) is 0 Å². The number of halogens is 2. The lowest BCUT2D eigenvalue weighted by Gasteiger charge is -2.08. The average Bonchev–Trinajstić information content (AvgIpc) is 2.64. The maximum Gasteiger partial charge on any atom is 0.224 e. The molecule has 1 amide bonds. The highest BCUT2D eigenvalue weighted by molar-refractivity contribution is 6.31. The molecule has 0 radical (unpaired) electrons. The second-order valence-electron chi connectivity index (χ2n) is 5.45. The van der Waals surface area contributed by atoms with E-state index in [2.05, 4.69) is 15.3 Å². The number of carbonyl (C=O) groups is 1. The van der Waals surface area contributed by atoms with Crippen LogP contribution in [0.1, 0.15) is 11.1 Å². The maximum atomic E-state index is 13.7. The fourth-order valence-electron chi connectivity index (χ4n) is 2.34. The number of benzene rings is 1. The molecule has 2 aromatic heterocycles. The molecule has 6 heteroatoms. The summed E-state index contributed by atoms with van der Waals surface area (Å²) in [5.74, 6) is -0.784. The van der Waals surface area contributed by atoms with Crippen LogP contribution in [0.15, 0.2) is 61.1 Å². The number of nitrogens with one attached hydrogen (secondary N) is 1. The highest BCUT2D eigenvalue weighted by Gasteiger charge is 2.11. The summed E-state index contributed by atoms with van der Waals surface area (Å²) in [6.07, 6.45) is 5.03. The lowest BCUT2D eigenvalue weighted by Crippen LogP contribution is -2.25. The van der Waals surface area contributed by atoms with Crippen molar-refractivity contribution in [3.8, 4) is 11.3 Å². The van der Waals surface area contributed by atoms with E-state index in [9.17, 15) is 9.18 Å². The molecule has 0 unspecified atom stereocenters. The molecule has 0 spiro atoms. The second-order valence-corrected chi connectivity index (χ2v) is 5.85. The topological polar surface area (TPSA) is 54.9 Å². The number of pyridine rings is 2. The van der Waals surface area contributed by atoms with Gasteiger partial charge < -0.3 is 5.32 Å². The molecular formula is C19H15ClFN3O. The predicted molar refractivity (Wildman–Crippen MR) is 94.4 cm³/mol. The fraction of sp³-hybridized carbons (Fsp3) is 0.105. The summed E-state index contributed by atoms with van der Waals surface area (Å²) in [4.78, 5) is 20.4. The van der Waals surface area contributed by atoms with Crippen LogP contribution < -0.4 is 5.32 Å². The zero-order valence-corrected chi connectivity index (χ0v) is 14.0. The van der Waals surface area contributed by atoms with E-state index in [-0.39, 0.29) is 22.9 Å². The van der Waals surface area contributed by atoms with Gasteiger partial charge in [0.2, 0.25) is 5.91 Å². The summed E-state index contributed by atoms with van der Waals surface area (Å²) >= 11 is 5.93. The minimum absolute atomic E-state index is 0.104. The third-order valence-electron chi connectivity index (χ3n) is 3.67. The largest absolute Gasteiger partial charge is 0.352 e. The van der Waals surface area contributed by atoms with Crippen LogP contribution in [0.2, 0.25) is 5.02 Å². The molecule has 3 aromatic rings. The first kappa shape index (κ1) is 17.0. The molecule has 0 saturated carbocycles. The third kappa shape index (κ3) is 4.39. The summed E-state index contributed by atoms with van der Waals surface area (Å²) in [5.41, 5.74) is 2.78. The summed E-state index contributed by atoms with van der Waals surface area (Å²) < 4.78 is 13.7. The molecule has 0 aliphatic rings. The first-order valence-electron chi connectivity index (χ1n) is 7.68. The number of rotatable bonds is 5. The molecule has 25 heavy (non-hydrogen) atoms. The molecule has 1 aromatic carbocycles. The summed E-state index contributed by atoms with van der Waals surface area (Å²) in [6, 6.07) is 11.9. The van der Waals surface area contributed by atoms with Crippen molar-refractivity contribution in [1.29, 1.82) is 0 Å². The third-order valence-corrected chi connectivity index (χ3v) is 4.02. The van der Waals surface area contributed by atoms with Crippen molar-refractivity contribution < 1.29 is 9.18 Å². The van der Waals surface area contributed by atoms with Gasteiger partial charge in [0, 0.05) is 41.3 Å². The van der Waals surface area contributed by atoms with Gasteiger partial charge in [-0.05, 0) is 35.9 Å². The quantitative estimate of drug-likeness (QED) is 0.757. The minimum atomic E-state index is -0.481. The number of aromatic nitrogens is 2. The predicted octanol–water partition coefficient (Wildman–Crippen LogP) is 3.80. The van der Waals surface area contributed by atoms with Crippen LogP contribution in [0.5, 0.6) is 0 Å². The van der Waals surface area contributed by atoms with Crippen molar-refractivity contribution in [1.82, 2.24) is 15.3 Å². The van der Waals surface area contributed by atoms with Crippen molar-refractivity contribution in [3.05, 3.63) is 83.0 Å². The van der Waals surface area contributed by atoms with Gasteiger partial charge in [0.25, 0.3) is 0 Å². The molecular weight excluding hydrogens is 341 g/mol. The van der Waals surface area contributed by atoms with Crippen molar-refractivity contribution >= 4 is 17.5 Å². The van der Waals surface area contributed by atoms with Gasteiger partial charge in [-0.25, -0.2) is 4.39 Å². The van der Waals surface area contributed by atoms with E-state index in [1.54, 1.807) is 24.7 Å². The Morgan fingerprint density at radius 3 is 2.68 bits per heavy atom. The van der Waals surface area contributed by atoms with Gasteiger partial charge in [-0.1, -0.05) is 23.7 Å². The normalized spacial score (nSPS) is 10.5. The Morgan fingerprint density at radius 1 is 1.12 bits per heavy atom. The van der Waals surface area contributed by atoms with Crippen LogP contribution >= 0.6 is 11.6 Å². The number of nitrogens with zero attached hydrogens (tertiary/aromatic N) is 2. The van der Waals surface area contributed by atoms with E-state index < -0.39 is 5.82 Å². The standard InChI is InChI=1S/C19H15ClFN3O/c20-16-4-1-5-17(21)15(16)9-19(25)24-11-13-6-7-18(23-10-13)14-3-2-8-22-12-14/h1-8,10,12H,9,11H2,(H,24,25). The van der Waals surface area contributed by atoms with Crippen LogP contribution in [0.4, 0.5) is 4.39 Å². The molecule has 2 heterocycles. The Kier molecular flexibility index (Phi) is 5.36. The van der Waals surface area contributed by atoms with E-state index in [1.807, 2.05) is 24.3 Å². The van der Waals surface area contributed by atoms with E-state index in [1.165, 1.54) is 12.1 Å². The van der Waals surface area contributed by atoms with Gasteiger partial charge in [-0.3, -0.25) is 14.8 Å². The maximum absolute atomic E-state index is 13.7. The lowest BCUT2D eigenvalue weighted by molar-refractivity contribution is -0.120. The zero-order valence-electron chi connectivity index (χ0n) is 13.2. The number of hydrogen-bond donors (Lipinski definition) is 1. The van der Waals surface area contributed by atoms with Gasteiger partial charge in [-0.15, -0.1) is 0 Å². The monoisotopic (exact) mass is 355 g/mol. The average molecular weight is 356 g/mol. The highest BCUT2D eigenvalue weighted by atomic mass is 35.5. The van der Waals surface area contributed by atoms with Crippen LogP contribution in [0.3, 0.4) is 0 Å². The Bertz CT molecular complexity index is 849. The van der Waals surface area contributed by atoms with Crippen molar-refractivity contribution in [3.63, 3.8) is 0 Å². The molecule has 0 saturated heterocycles. The van der Waals surface area contributed by atoms with E-state index in [0.717, 1.165) is 16.8 Å².